The standard InChI is InChI=1S/C14H24O2/c1-8-6-10-7-11(9-4-2-3-5-9)14(16)12(10)13(8)15/h8-16H,2-7H2,1H3/t8-,10?,11+,12?,13?,14?/m1/s1. The summed E-state index contributed by atoms with van der Waals surface area (Å²) in [5, 5.41) is 20.6. The summed E-state index contributed by atoms with van der Waals surface area (Å²) in [6.45, 7) is 2.13. The van der Waals surface area contributed by atoms with Crippen molar-refractivity contribution in [2.45, 2.75) is 57.7 Å². The fraction of sp³-hybridized carbons (Fsp3) is 1.00. The fourth-order valence-electron chi connectivity index (χ4n) is 4.80. The van der Waals surface area contributed by atoms with Gasteiger partial charge in [-0.25, -0.2) is 0 Å². The van der Waals surface area contributed by atoms with Crippen molar-refractivity contribution in [2.24, 2.45) is 29.6 Å². The van der Waals surface area contributed by atoms with Gasteiger partial charge in [0.1, 0.15) is 0 Å². The Hall–Kier alpha value is -0.0800. The largest absolute Gasteiger partial charge is 0.392 e. The third-order valence-electron chi connectivity index (χ3n) is 5.61. The van der Waals surface area contributed by atoms with Crippen molar-refractivity contribution in [2.75, 3.05) is 0 Å². The highest BCUT2D eigenvalue weighted by atomic mass is 16.3. The zero-order valence-electron chi connectivity index (χ0n) is 10.2. The smallest absolute Gasteiger partial charge is 0.0626 e. The van der Waals surface area contributed by atoms with E-state index in [1.54, 1.807) is 0 Å². The molecule has 16 heavy (non-hydrogen) atoms. The number of aliphatic hydroxyl groups excluding tert-OH is 2. The van der Waals surface area contributed by atoms with Gasteiger partial charge in [-0.1, -0.05) is 32.6 Å². The second-order valence-corrected chi connectivity index (χ2v) is 6.48. The van der Waals surface area contributed by atoms with E-state index in [-0.39, 0.29) is 18.1 Å². The summed E-state index contributed by atoms with van der Waals surface area (Å²) in [6, 6.07) is 0. The molecule has 0 radical (unpaired) electrons. The molecule has 0 saturated heterocycles. The molecule has 6 atom stereocenters. The second kappa shape index (κ2) is 3.99. The first-order valence-corrected chi connectivity index (χ1v) is 7.04. The van der Waals surface area contributed by atoms with E-state index >= 15 is 0 Å². The molecule has 0 heterocycles. The van der Waals surface area contributed by atoms with Crippen LogP contribution in [0.4, 0.5) is 0 Å². The van der Waals surface area contributed by atoms with E-state index in [2.05, 4.69) is 6.92 Å². The molecule has 0 aromatic heterocycles. The lowest BCUT2D eigenvalue weighted by Gasteiger charge is -2.27. The predicted octanol–water partition coefficient (Wildman–Crippen LogP) is 2.19. The van der Waals surface area contributed by atoms with Gasteiger partial charge in [0.15, 0.2) is 0 Å². The first-order valence-electron chi connectivity index (χ1n) is 7.04. The number of fused-ring (bicyclic) bond motifs is 1. The molecule has 2 nitrogen and oxygen atoms in total. The number of rotatable bonds is 1. The van der Waals surface area contributed by atoms with Crippen LogP contribution in [-0.4, -0.2) is 22.4 Å². The van der Waals surface area contributed by atoms with E-state index in [1.165, 1.54) is 32.1 Å². The van der Waals surface area contributed by atoms with E-state index in [4.69, 9.17) is 0 Å². The van der Waals surface area contributed by atoms with Crippen molar-refractivity contribution in [3.05, 3.63) is 0 Å². The van der Waals surface area contributed by atoms with Gasteiger partial charge < -0.3 is 10.2 Å². The summed E-state index contributed by atoms with van der Waals surface area (Å²) >= 11 is 0. The normalized spacial score (nSPS) is 53.4. The molecule has 0 spiro atoms. The SMILES string of the molecule is C[C@@H]1CC2C[C@@H](C3CCCC3)C(O)C2C1O. The van der Waals surface area contributed by atoms with Crippen molar-refractivity contribution in [3.63, 3.8) is 0 Å². The van der Waals surface area contributed by atoms with Crippen LogP contribution in [0, 0.1) is 29.6 Å². The average molecular weight is 224 g/mol. The van der Waals surface area contributed by atoms with Crippen LogP contribution in [0.15, 0.2) is 0 Å². The van der Waals surface area contributed by atoms with Crippen LogP contribution in [0.25, 0.3) is 0 Å². The molecular weight excluding hydrogens is 200 g/mol. The second-order valence-electron chi connectivity index (χ2n) is 6.48. The third kappa shape index (κ3) is 1.53. The highest BCUT2D eigenvalue weighted by Gasteiger charge is 2.53. The quantitative estimate of drug-likeness (QED) is 0.717. The Labute approximate surface area is 98.1 Å². The summed E-state index contributed by atoms with van der Waals surface area (Å²) in [4.78, 5) is 0. The van der Waals surface area contributed by atoms with Gasteiger partial charge >= 0.3 is 0 Å². The van der Waals surface area contributed by atoms with Crippen LogP contribution < -0.4 is 0 Å². The summed E-state index contributed by atoms with van der Waals surface area (Å²) in [7, 11) is 0. The van der Waals surface area contributed by atoms with Gasteiger partial charge in [0.25, 0.3) is 0 Å². The molecule has 92 valence electrons. The van der Waals surface area contributed by atoms with Gasteiger partial charge in [-0.2, -0.15) is 0 Å². The Kier molecular flexibility index (Phi) is 2.75. The van der Waals surface area contributed by atoms with E-state index < -0.39 is 0 Å². The van der Waals surface area contributed by atoms with Gasteiger partial charge in [0, 0.05) is 5.92 Å². The highest BCUT2D eigenvalue weighted by molar-refractivity contribution is 5.02. The Morgan fingerprint density at radius 2 is 1.56 bits per heavy atom. The first kappa shape index (κ1) is 11.0. The maximum Gasteiger partial charge on any atom is 0.0626 e. The zero-order valence-corrected chi connectivity index (χ0v) is 10.2. The molecule has 2 N–H and O–H groups in total. The van der Waals surface area contributed by atoms with E-state index in [9.17, 15) is 10.2 Å². The maximum atomic E-state index is 10.4. The fourth-order valence-corrected chi connectivity index (χ4v) is 4.80. The minimum Gasteiger partial charge on any atom is -0.392 e. The summed E-state index contributed by atoms with van der Waals surface area (Å²) in [5.74, 6) is 2.45. The molecular formula is C14H24O2. The van der Waals surface area contributed by atoms with Crippen molar-refractivity contribution in [1.29, 1.82) is 0 Å². The van der Waals surface area contributed by atoms with E-state index in [0.717, 1.165) is 12.3 Å². The minimum absolute atomic E-state index is 0.195. The highest BCUT2D eigenvalue weighted by Crippen LogP contribution is 2.53. The van der Waals surface area contributed by atoms with Gasteiger partial charge in [-0.15, -0.1) is 0 Å². The number of hydrogen-bond acceptors (Lipinski definition) is 2. The molecule has 0 aliphatic heterocycles. The topological polar surface area (TPSA) is 40.5 Å². The van der Waals surface area contributed by atoms with Crippen LogP contribution in [0.3, 0.4) is 0 Å². The van der Waals surface area contributed by atoms with Crippen LogP contribution in [0.1, 0.15) is 45.4 Å². The number of aliphatic hydroxyl groups is 2. The van der Waals surface area contributed by atoms with Crippen molar-refractivity contribution in [1.82, 2.24) is 0 Å². The van der Waals surface area contributed by atoms with Crippen LogP contribution >= 0.6 is 0 Å². The van der Waals surface area contributed by atoms with E-state index in [1.807, 2.05) is 0 Å². The van der Waals surface area contributed by atoms with Gasteiger partial charge in [-0.05, 0) is 36.5 Å². The van der Waals surface area contributed by atoms with Crippen molar-refractivity contribution >= 4 is 0 Å². The molecule has 3 fully saturated rings. The monoisotopic (exact) mass is 224 g/mol. The number of hydrogen-bond donors (Lipinski definition) is 2. The van der Waals surface area contributed by atoms with Crippen LogP contribution in [-0.2, 0) is 0 Å². The molecule has 0 aromatic rings. The Morgan fingerprint density at radius 3 is 2.19 bits per heavy atom. The molecule has 4 unspecified atom stereocenters. The van der Waals surface area contributed by atoms with E-state index in [0.29, 0.717) is 17.8 Å². The lowest BCUT2D eigenvalue weighted by molar-refractivity contribution is -0.00368. The Bertz CT molecular complexity index is 259. The van der Waals surface area contributed by atoms with Crippen molar-refractivity contribution < 1.29 is 10.2 Å². The van der Waals surface area contributed by atoms with Crippen LogP contribution in [0.5, 0.6) is 0 Å². The summed E-state index contributed by atoms with van der Waals surface area (Å²) in [5.41, 5.74) is 0. The van der Waals surface area contributed by atoms with Crippen LogP contribution in [0.2, 0.25) is 0 Å². The Balaban J connectivity index is 1.73. The molecule has 3 saturated carbocycles. The Morgan fingerprint density at radius 1 is 0.875 bits per heavy atom. The molecule has 3 rings (SSSR count). The molecule has 0 amide bonds. The molecule has 3 aliphatic carbocycles. The zero-order chi connectivity index (χ0) is 11.3. The average Bonchev–Trinajstić information content (AvgIpc) is 2.90. The van der Waals surface area contributed by atoms with Gasteiger partial charge in [0.2, 0.25) is 0 Å². The molecule has 3 aliphatic rings. The maximum absolute atomic E-state index is 10.4. The lowest BCUT2D eigenvalue weighted by Crippen LogP contribution is -2.33. The first-order chi connectivity index (χ1) is 7.68. The summed E-state index contributed by atoms with van der Waals surface area (Å²) in [6.07, 6.45) is 7.17. The van der Waals surface area contributed by atoms with Gasteiger partial charge in [0.05, 0.1) is 12.2 Å². The van der Waals surface area contributed by atoms with Crippen molar-refractivity contribution in [3.8, 4) is 0 Å². The predicted molar refractivity (Wildman–Crippen MR) is 62.8 cm³/mol. The van der Waals surface area contributed by atoms with Gasteiger partial charge in [-0.3, -0.25) is 0 Å². The molecule has 0 aromatic carbocycles. The minimum atomic E-state index is -0.244. The summed E-state index contributed by atoms with van der Waals surface area (Å²) < 4.78 is 0. The molecule has 2 heteroatoms. The lowest BCUT2D eigenvalue weighted by atomic mass is 9.84. The molecule has 0 bridgehead atoms. The third-order valence-corrected chi connectivity index (χ3v) is 5.61.